The topological polar surface area (TPSA) is 91.3 Å². The lowest BCUT2D eigenvalue weighted by Gasteiger charge is -2.06. The van der Waals surface area contributed by atoms with Crippen molar-refractivity contribution in [2.24, 2.45) is 0 Å². The molecule has 0 fully saturated rings. The van der Waals surface area contributed by atoms with Gasteiger partial charge in [-0.3, -0.25) is 10.1 Å². The molecule has 0 saturated carbocycles. The van der Waals surface area contributed by atoms with E-state index in [0.717, 1.165) is 11.1 Å². The summed E-state index contributed by atoms with van der Waals surface area (Å²) in [7, 11) is 0. The maximum absolute atomic E-state index is 11.0. The molecular weight excluding hydrogens is 258 g/mol. The highest BCUT2D eigenvalue weighted by Gasteiger charge is 2.03. The lowest BCUT2D eigenvalue weighted by molar-refractivity contribution is -0.114. The Morgan fingerprint density at radius 2 is 1.75 bits per heavy atom. The predicted molar refractivity (Wildman–Crippen MR) is 75.6 cm³/mol. The van der Waals surface area contributed by atoms with E-state index in [-0.39, 0.29) is 5.91 Å². The van der Waals surface area contributed by atoms with Gasteiger partial charge in [-0.05, 0) is 35.4 Å². The van der Waals surface area contributed by atoms with Gasteiger partial charge in [-0.2, -0.15) is 0 Å². The van der Waals surface area contributed by atoms with Gasteiger partial charge >= 0.3 is 6.09 Å². The zero-order valence-electron chi connectivity index (χ0n) is 10.8. The molecule has 6 nitrogen and oxygen atoms in total. The van der Waals surface area contributed by atoms with Crippen LogP contribution in [0.5, 0.6) is 0 Å². The van der Waals surface area contributed by atoms with E-state index in [4.69, 9.17) is 5.11 Å². The van der Waals surface area contributed by atoms with Gasteiger partial charge in [0.1, 0.15) is 5.82 Å². The van der Waals surface area contributed by atoms with Crippen LogP contribution in [0, 0.1) is 0 Å². The third kappa shape index (κ3) is 3.55. The maximum Gasteiger partial charge on any atom is 0.409 e. The van der Waals surface area contributed by atoms with Gasteiger partial charge in [0.05, 0.1) is 0 Å². The van der Waals surface area contributed by atoms with Gasteiger partial charge in [0.25, 0.3) is 0 Å². The normalized spacial score (nSPS) is 9.85. The summed E-state index contributed by atoms with van der Waals surface area (Å²) >= 11 is 0. The zero-order valence-corrected chi connectivity index (χ0v) is 10.8. The molecule has 6 heteroatoms. The van der Waals surface area contributed by atoms with Crippen LogP contribution in [0.25, 0.3) is 11.1 Å². The molecule has 0 radical (unpaired) electrons. The van der Waals surface area contributed by atoms with Crippen molar-refractivity contribution in [1.29, 1.82) is 0 Å². The van der Waals surface area contributed by atoms with Crippen LogP contribution in [0.2, 0.25) is 0 Å². The highest BCUT2D eigenvalue weighted by Crippen LogP contribution is 2.23. The van der Waals surface area contributed by atoms with Crippen molar-refractivity contribution in [3.63, 3.8) is 0 Å². The number of carboxylic acid groups (broad SMARTS) is 1. The minimum atomic E-state index is -1.10. The Balaban J connectivity index is 2.22. The van der Waals surface area contributed by atoms with Crippen LogP contribution in [0.4, 0.5) is 16.3 Å². The third-order valence-corrected chi connectivity index (χ3v) is 2.53. The Labute approximate surface area is 115 Å². The lowest BCUT2D eigenvalue weighted by atomic mass is 10.1. The Kier molecular flexibility index (Phi) is 3.95. The quantitative estimate of drug-likeness (QED) is 0.800. The van der Waals surface area contributed by atoms with Crippen LogP contribution in [-0.2, 0) is 4.79 Å². The monoisotopic (exact) mass is 271 g/mol. The Morgan fingerprint density at radius 3 is 2.35 bits per heavy atom. The first-order valence-electron chi connectivity index (χ1n) is 5.88. The van der Waals surface area contributed by atoms with E-state index in [1.54, 1.807) is 36.5 Å². The number of hydrogen-bond acceptors (Lipinski definition) is 3. The van der Waals surface area contributed by atoms with Crippen molar-refractivity contribution in [1.82, 2.24) is 4.98 Å². The molecule has 2 rings (SSSR count). The van der Waals surface area contributed by atoms with Crippen LogP contribution in [0.15, 0.2) is 42.6 Å². The summed E-state index contributed by atoms with van der Waals surface area (Å²) in [5.41, 5.74) is 2.28. The molecule has 0 aliphatic carbocycles. The number of rotatable bonds is 3. The summed E-state index contributed by atoms with van der Waals surface area (Å²) < 4.78 is 0. The number of aromatic nitrogens is 1. The molecule has 1 aromatic carbocycles. The summed E-state index contributed by atoms with van der Waals surface area (Å²) in [4.78, 5) is 25.5. The molecule has 1 aromatic heterocycles. The van der Waals surface area contributed by atoms with Crippen LogP contribution < -0.4 is 10.6 Å². The number of nitrogens with one attached hydrogen (secondary N) is 2. The van der Waals surface area contributed by atoms with Crippen molar-refractivity contribution >= 4 is 23.5 Å². The first-order valence-corrected chi connectivity index (χ1v) is 5.88. The van der Waals surface area contributed by atoms with E-state index in [1.165, 1.54) is 6.92 Å². The summed E-state index contributed by atoms with van der Waals surface area (Å²) in [6.45, 7) is 1.42. The van der Waals surface area contributed by atoms with Crippen LogP contribution in [0.1, 0.15) is 6.92 Å². The minimum Gasteiger partial charge on any atom is -0.465 e. The lowest BCUT2D eigenvalue weighted by Crippen LogP contribution is -2.07. The van der Waals surface area contributed by atoms with Crippen molar-refractivity contribution in [3.05, 3.63) is 42.6 Å². The van der Waals surface area contributed by atoms with E-state index in [2.05, 4.69) is 15.6 Å². The smallest absolute Gasteiger partial charge is 0.409 e. The van der Waals surface area contributed by atoms with Crippen molar-refractivity contribution in [3.8, 4) is 11.1 Å². The van der Waals surface area contributed by atoms with Crippen molar-refractivity contribution < 1.29 is 14.7 Å². The molecule has 20 heavy (non-hydrogen) atoms. The third-order valence-electron chi connectivity index (χ3n) is 2.53. The number of benzene rings is 1. The fraction of sp³-hybridized carbons (Fsp3) is 0.0714. The van der Waals surface area contributed by atoms with Crippen LogP contribution >= 0.6 is 0 Å². The van der Waals surface area contributed by atoms with E-state index in [1.807, 2.05) is 6.07 Å². The Morgan fingerprint density at radius 1 is 1.05 bits per heavy atom. The van der Waals surface area contributed by atoms with Gasteiger partial charge in [-0.1, -0.05) is 12.1 Å². The largest absolute Gasteiger partial charge is 0.465 e. The SMILES string of the molecule is CC(=O)Nc1cc(-c2ccc(NC(=O)O)cc2)ccn1. The minimum absolute atomic E-state index is 0.185. The van der Waals surface area contributed by atoms with Gasteiger partial charge in [-0.25, -0.2) is 9.78 Å². The number of nitrogens with zero attached hydrogens (tertiary/aromatic N) is 1. The van der Waals surface area contributed by atoms with Crippen molar-refractivity contribution in [2.45, 2.75) is 6.92 Å². The average Bonchev–Trinajstić information content (AvgIpc) is 2.38. The summed E-state index contributed by atoms with van der Waals surface area (Å²) in [6.07, 6.45) is 0.499. The summed E-state index contributed by atoms with van der Waals surface area (Å²) in [5, 5.41) is 13.5. The van der Waals surface area contributed by atoms with Gasteiger partial charge in [-0.15, -0.1) is 0 Å². The van der Waals surface area contributed by atoms with E-state index < -0.39 is 6.09 Å². The second-order valence-corrected chi connectivity index (χ2v) is 4.12. The van der Waals surface area contributed by atoms with Crippen molar-refractivity contribution in [2.75, 3.05) is 10.6 Å². The molecule has 0 spiro atoms. The van der Waals surface area contributed by atoms with E-state index in [9.17, 15) is 9.59 Å². The molecule has 102 valence electrons. The number of hydrogen-bond donors (Lipinski definition) is 3. The standard InChI is InChI=1S/C14H13N3O3/c1-9(18)16-13-8-11(6-7-15-13)10-2-4-12(5-3-10)17-14(19)20/h2-8,17H,1H3,(H,19,20)(H,15,16,18). The highest BCUT2D eigenvalue weighted by molar-refractivity contribution is 5.88. The molecule has 2 amide bonds. The van der Waals surface area contributed by atoms with E-state index in [0.29, 0.717) is 11.5 Å². The highest BCUT2D eigenvalue weighted by atomic mass is 16.4. The molecular formula is C14H13N3O3. The molecule has 2 aromatic rings. The maximum atomic E-state index is 11.0. The zero-order chi connectivity index (χ0) is 14.5. The number of carbonyl (C=O) groups excluding carboxylic acids is 1. The number of anilines is 2. The molecule has 1 heterocycles. The van der Waals surface area contributed by atoms with Crippen LogP contribution in [0.3, 0.4) is 0 Å². The summed E-state index contributed by atoms with van der Waals surface area (Å²) in [6, 6.07) is 10.5. The second-order valence-electron chi connectivity index (χ2n) is 4.12. The van der Waals surface area contributed by atoms with Crippen LogP contribution in [-0.4, -0.2) is 22.1 Å². The Bertz CT molecular complexity index is 638. The number of carbonyl (C=O) groups is 2. The van der Waals surface area contributed by atoms with E-state index >= 15 is 0 Å². The average molecular weight is 271 g/mol. The fourth-order valence-electron chi connectivity index (χ4n) is 1.73. The first kappa shape index (κ1) is 13.5. The first-order chi connectivity index (χ1) is 9.54. The molecule has 3 N–H and O–H groups in total. The molecule has 0 saturated heterocycles. The van der Waals surface area contributed by atoms with Gasteiger partial charge in [0, 0.05) is 18.8 Å². The Hall–Kier alpha value is -2.89. The second kappa shape index (κ2) is 5.83. The molecule has 0 aliphatic heterocycles. The predicted octanol–water partition coefficient (Wildman–Crippen LogP) is 2.80. The number of pyridine rings is 1. The fourth-order valence-corrected chi connectivity index (χ4v) is 1.73. The van der Waals surface area contributed by atoms with Gasteiger partial charge < -0.3 is 10.4 Å². The van der Waals surface area contributed by atoms with Gasteiger partial charge in [0.15, 0.2) is 0 Å². The molecule has 0 aliphatic rings. The molecule has 0 bridgehead atoms. The van der Waals surface area contributed by atoms with Gasteiger partial charge in [0.2, 0.25) is 5.91 Å². The number of amides is 2. The molecule has 0 atom stereocenters. The molecule has 0 unspecified atom stereocenters. The summed E-state index contributed by atoms with van der Waals surface area (Å²) in [5.74, 6) is 0.290.